The SMILES string of the molecule is CN(C)[C@@H](CNC(=O)CC[C@@H]1NC(=O)NC1=O)c1ccccc1. The molecule has 1 aliphatic heterocycles. The van der Waals surface area contributed by atoms with E-state index in [2.05, 4.69) is 16.0 Å². The highest BCUT2D eigenvalue weighted by molar-refractivity contribution is 6.04. The number of benzene rings is 1. The van der Waals surface area contributed by atoms with Crippen LogP contribution in [0.4, 0.5) is 4.79 Å². The zero-order chi connectivity index (χ0) is 16.8. The highest BCUT2D eigenvalue weighted by Crippen LogP contribution is 2.16. The lowest BCUT2D eigenvalue weighted by atomic mass is 10.1. The van der Waals surface area contributed by atoms with E-state index in [1.54, 1.807) is 0 Å². The van der Waals surface area contributed by atoms with Crippen molar-refractivity contribution >= 4 is 17.8 Å². The molecular weight excluding hydrogens is 296 g/mol. The first-order chi connectivity index (χ1) is 11.0. The molecule has 0 aromatic heterocycles. The maximum Gasteiger partial charge on any atom is 0.322 e. The molecule has 0 aliphatic carbocycles. The quantitative estimate of drug-likeness (QED) is 0.635. The van der Waals surface area contributed by atoms with Gasteiger partial charge in [0.25, 0.3) is 5.91 Å². The van der Waals surface area contributed by atoms with Crippen LogP contribution in [0, 0.1) is 0 Å². The second-order valence-electron chi connectivity index (χ2n) is 5.75. The molecule has 1 aliphatic rings. The van der Waals surface area contributed by atoms with E-state index < -0.39 is 12.1 Å². The van der Waals surface area contributed by atoms with Gasteiger partial charge >= 0.3 is 6.03 Å². The molecule has 23 heavy (non-hydrogen) atoms. The number of rotatable bonds is 7. The van der Waals surface area contributed by atoms with Crippen LogP contribution in [0.3, 0.4) is 0 Å². The third-order valence-electron chi connectivity index (χ3n) is 3.82. The molecule has 2 rings (SSSR count). The minimum atomic E-state index is -0.619. The van der Waals surface area contributed by atoms with E-state index in [-0.39, 0.29) is 24.3 Å². The van der Waals surface area contributed by atoms with E-state index in [1.807, 2.05) is 49.3 Å². The van der Waals surface area contributed by atoms with Crippen LogP contribution < -0.4 is 16.0 Å². The minimum absolute atomic E-state index is 0.0784. The van der Waals surface area contributed by atoms with Crippen LogP contribution in [-0.4, -0.2) is 49.4 Å². The number of likely N-dealkylation sites (N-methyl/N-ethyl adjacent to an activating group) is 1. The molecule has 0 saturated carbocycles. The molecule has 4 amide bonds. The van der Waals surface area contributed by atoms with E-state index in [0.717, 1.165) is 5.56 Å². The summed E-state index contributed by atoms with van der Waals surface area (Å²) >= 11 is 0. The predicted octanol–water partition coefficient (Wildman–Crippen LogP) is 0.394. The molecule has 1 aromatic rings. The van der Waals surface area contributed by atoms with Gasteiger partial charge in [0.15, 0.2) is 0 Å². The van der Waals surface area contributed by atoms with E-state index in [9.17, 15) is 14.4 Å². The summed E-state index contributed by atoms with van der Waals surface area (Å²) in [6.45, 7) is 0.485. The van der Waals surface area contributed by atoms with Crippen molar-refractivity contribution in [3.8, 4) is 0 Å². The number of imide groups is 1. The topological polar surface area (TPSA) is 90.5 Å². The van der Waals surface area contributed by atoms with Gasteiger partial charge in [-0.15, -0.1) is 0 Å². The minimum Gasteiger partial charge on any atom is -0.354 e. The normalized spacial score (nSPS) is 18.5. The van der Waals surface area contributed by atoms with Gasteiger partial charge in [0.2, 0.25) is 5.91 Å². The summed E-state index contributed by atoms with van der Waals surface area (Å²) < 4.78 is 0. The fourth-order valence-electron chi connectivity index (χ4n) is 2.51. The summed E-state index contributed by atoms with van der Waals surface area (Å²) in [4.78, 5) is 36.4. The van der Waals surface area contributed by atoms with E-state index >= 15 is 0 Å². The molecule has 1 saturated heterocycles. The average Bonchev–Trinajstić information content (AvgIpc) is 2.84. The molecule has 1 heterocycles. The Morgan fingerprint density at radius 3 is 2.52 bits per heavy atom. The lowest BCUT2D eigenvalue weighted by Crippen LogP contribution is -2.36. The van der Waals surface area contributed by atoms with E-state index in [4.69, 9.17) is 0 Å². The summed E-state index contributed by atoms with van der Waals surface area (Å²) in [7, 11) is 3.92. The van der Waals surface area contributed by atoms with Crippen molar-refractivity contribution in [1.29, 1.82) is 0 Å². The largest absolute Gasteiger partial charge is 0.354 e. The van der Waals surface area contributed by atoms with Crippen LogP contribution in [0.25, 0.3) is 0 Å². The number of nitrogens with zero attached hydrogens (tertiary/aromatic N) is 1. The molecule has 0 radical (unpaired) electrons. The Bertz CT molecular complexity index is 574. The molecule has 0 unspecified atom stereocenters. The van der Waals surface area contributed by atoms with Gasteiger partial charge in [-0.1, -0.05) is 30.3 Å². The monoisotopic (exact) mass is 318 g/mol. The van der Waals surface area contributed by atoms with Crippen molar-refractivity contribution in [3.05, 3.63) is 35.9 Å². The molecular formula is C16H22N4O3. The van der Waals surface area contributed by atoms with Crippen LogP contribution in [0.15, 0.2) is 30.3 Å². The summed E-state index contributed by atoms with van der Waals surface area (Å²) in [5.74, 6) is -0.514. The molecule has 2 atom stereocenters. The zero-order valence-corrected chi connectivity index (χ0v) is 13.3. The Balaban J connectivity index is 1.80. The second-order valence-corrected chi connectivity index (χ2v) is 5.75. The maximum absolute atomic E-state index is 12.0. The first kappa shape index (κ1) is 17.0. The standard InChI is InChI=1S/C16H22N4O3/c1-20(2)13(11-6-4-3-5-7-11)10-17-14(21)9-8-12-15(22)19-16(23)18-12/h3-7,12-13H,8-10H2,1-2H3,(H,17,21)(H2,18,19,22,23)/t12-,13-/m0/s1. The Morgan fingerprint density at radius 1 is 1.26 bits per heavy atom. The maximum atomic E-state index is 12.0. The van der Waals surface area contributed by atoms with Gasteiger partial charge in [-0.05, 0) is 26.1 Å². The molecule has 0 bridgehead atoms. The summed E-state index contributed by atoms with van der Waals surface area (Å²) in [5, 5.41) is 7.52. The fraction of sp³-hybridized carbons (Fsp3) is 0.438. The lowest BCUT2D eigenvalue weighted by Gasteiger charge is -2.25. The Morgan fingerprint density at radius 2 is 1.96 bits per heavy atom. The van der Waals surface area contributed by atoms with Gasteiger partial charge in [-0.25, -0.2) is 4.79 Å². The number of carbonyl (C=O) groups is 3. The number of amides is 4. The molecule has 1 fully saturated rings. The Hall–Kier alpha value is -2.41. The smallest absolute Gasteiger partial charge is 0.322 e. The number of carbonyl (C=O) groups excluding carboxylic acids is 3. The lowest BCUT2D eigenvalue weighted by molar-refractivity contribution is -0.122. The number of hydrogen-bond donors (Lipinski definition) is 3. The van der Waals surface area contributed by atoms with Gasteiger partial charge in [-0.3, -0.25) is 14.9 Å². The average molecular weight is 318 g/mol. The van der Waals surface area contributed by atoms with Crippen LogP contribution in [0.5, 0.6) is 0 Å². The molecule has 124 valence electrons. The zero-order valence-electron chi connectivity index (χ0n) is 13.3. The third-order valence-corrected chi connectivity index (χ3v) is 3.82. The van der Waals surface area contributed by atoms with Gasteiger partial charge < -0.3 is 15.5 Å². The van der Waals surface area contributed by atoms with Gasteiger partial charge in [0, 0.05) is 13.0 Å². The summed E-state index contributed by atoms with van der Waals surface area (Å²) in [5.41, 5.74) is 1.13. The van der Waals surface area contributed by atoms with Crippen molar-refractivity contribution in [1.82, 2.24) is 20.9 Å². The van der Waals surface area contributed by atoms with Crippen molar-refractivity contribution in [2.24, 2.45) is 0 Å². The van der Waals surface area contributed by atoms with Crippen molar-refractivity contribution in [2.45, 2.75) is 24.9 Å². The molecule has 7 nitrogen and oxygen atoms in total. The van der Waals surface area contributed by atoms with E-state index in [1.165, 1.54) is 0 Å². The van der Waals surface area contributed by atoms with E-state index in [0.29, 0.717) is 13.0 Å². The molecule has 1 aromatic carbocycles. The van der Waals surface area contributed by atoms with Crippen molar-refractivity contribution < 1.29 is 14.4 Å². The van der Waals surface area contributed by atoms with Gasteiger partial charge in [0.05, 0.1) is 6.04 Å². The van der Waals surface area contributed by atoms with Crippen molar-refractivity contribution in [2.75, 3.05) is 20.6 Å². The highest BCUT2D eigenvalue weighted by atomic mass is 16.2. The molecule has 3 N–H and O–H groups in total. The first-order valence-corrected chi connectivity index (χ1v) is 7.57. The predicted molar refractivity (Wildman–Crippen MR) is 85.6 cm³/mol. The van der Waals surface area contributed by atoms with Crippen LogP contribution >= 0.6 is 0 Å². The summed E-state index contributed by atoms with van der Waals surface area (Å²) in [6.07, 6.45) is 0.481. The summed E-state index contributed by atoms with van der Waals surface area (Å²) in [6, 6.07) is 8.89. The Kier molecular flexibility index (Phi) is 5.70. The third kappa shape index (κ3) is 4.79. The van der Waals surface area contributed by atoms with Gasteiger partial charge in [0.1, 0.15) is 6.04 Å². The van der Waals surface area contributed by atoms with Crippen LogP contribution in [0.2, 0.25) is 0 Å². The molecule has 7 heteroatoms. The van der Waals surface area contributed by atoms with Crippen LogP contribution in [-0.2, 0) is 9.59 Å². The van der Waals surface area contributed by atoms with Crippen molar-refractivity contribution in [3.63, 3.8) is 0 Å². The Labute approximate surface area is 135 Å². The molecule has 0 spiro atoms. The number of urea groups is 1. The van der Waals surface area contributed by atoms with Gasteiger partial charge in [-0.2, -0.15) is 0 Å². The van der Waals surface area contributed by atoms with Crippen LogP contribution in [0.1, 0.15) is 24.4 Å². The second kappa shape index (κ2) is 7.73. The number of nitrogens with one attached hydrogen (secondary N) is 3. The number of hydrogen-bond acceptors (Lipinski definition) is 4. The first-order valence-electron chi connectivity index (χ1n) is 7.57. The highest BCUT2D eigenvalue weighted by Gasteiger charge is 2.29. The fourth-order valence-corrected chi connectivity index (χ4v) is 2.51.